The Bertz CT molecular complexity index is 1150. The van der Waals surface area contributed by atoms with Gasteiger partial charge in [-0.25, -0.2) is 4.79 Å². The van der Waals surface area contributed by atoms with Crippen LogP contribution in [0.25, 0.3) is 0 Å². The number of amides is 5. The Morgan fingerprint density at radius 3 is 1.77 bits per heavy atom. The minimum absolute atomic E-state index is 0.000873. The fraction of sp³-hybridized carbons (Fsp3) is 0.704. The summed E-state index contributed by atoms with van der Waals surface area (Å²) in [6, 6.07) is -6.25. The number of nitrogens with one attached hydrogen (secondary N) is 7. The van der Waals surface area contributed by atoms with E-state index in [0.29, 0.717) is 19.4 Å². The van der Waals surface area contributed by atoms with E-state index in [-0.39, 0.29) is 43.3 Å². The molecule has 0 saturated heterocycles. The zero-order valence-electron chi connectivity index (χ0n) is 27.0. The molecule has 48 heavy (non-hydrogen) atoms. The van der Waals surface area contributed by atoms with Crippen molar-refractivity contribution >= 4 is 72.7 Å². The fourth-order valence-corrected chi connectivity index (χ4v) is 4.39. The van der Waals surface area contributed by atoms with Crippen LogP contribution in [0.15, 0.2) is 0 Å². The van der Waals surface area contributed by atoms with Crippen molar-refractivity contribution in [1.29, 1.82) is 5.41 Å². The van der Waals surface area contributed by atoms with E-state index in [1.54, 1.807) is 0 Å². The lowest BCUT2D eigenvalue weighted by atomic mass is 10.00. The number of carbonyl (C=O) groups is 7. The van der Waals surface area contributed by atoms with Gasteiger partial charge in [-0.3, -0.25) is 34.2 Å². The van der Waals surface area contributed by atoms with Gasteiger partial charge in [0.05, 0.1) is 6.04 Å². The summed E-state index contributed by atoms with van der Waals surface area (Å²) >= 11 is 7.87. The highest BCUT2D eigenvalue weighted by atomic mass is 32.1. The van der Waals surface area contributed by atoms with Crippen molar-refractivity contribution < 1.29 is 43.8 Å². The highest BCUT2D eigenvalue weighted by Gasteiger charge is 2.36. The molecule has 0 saturated carbocycles. The van der Waals surface area contributed by atoms with Crippen LogP contribution in [0.3, 0.4) is 0 Å². The fourth-order valence-electron chi connectivity index (χ4n) is 3.98. The van der Waals surface area contributed by atoms with E-state index in [2.05, 4.69) is 57.2 Å². The van der Waals surface area contributed by atoms with Gasteiger partial charge in [-0.2, -0.15) is 25.3 Å². The molecular weight excluding hydrogens is 672 g/mol. The van der Waals surface area contributed by atoms with Crippen molar-refractivity contribution in [2.45, 2.75) is 94.5 Å². The summed E-state index contributed by atoms with van der Waals surface area (Å²) in [5.41, 5.74) is 14.9. The predicted octanol–water partition coefficient (Wildman–Crippen LogP) is -3.65. The molecule has 0 fully saturated rings. The van der Waals surface area contributed by atoms with Crippen molar-refractivity contribution in [2.75, 3.05) is 24.6 Å². The molecule has 274 valence electrons. The van der Waals surface area contributed by atoms with E-state index in [1.807, 2.05) is 0 Å². The molecule has 0 spiro atoms. The van der Waals surface area contributed by atoms with Crippen LogP contribution in [0.2, 0.25) is 0 Å². The van der Waals surface area contributed by atoms with Gasteiger partial charge in [0, 0.05) is 24.5 Å². The van der Waals surface area contributed by atoms with Crippen LogP contribution in [-0.4, -0.2) is 118 Å². The summed E-state index contributed by atoms with van der Waals surface area (Å²) in [4.78, 5) is 88.0. The molecule has 0 aliphatic heterocycles. The van der Waals surface area contributed by atoms with Gasteiger partial charge in [0.2, 0.25) is 29.5 Å². The summed E-state index contributed by atoms with van der Waals surface area (Å²) in [6.07, 6.45) is 0.484. The van der Waals surface area contributed by atoms with Crippen LogP contribution in [0, 0.1) is 5.41 Å². The van der Waals surface area contributed by atoms with E-state index in [4.69, 9.17) is 27.7 Å². The van der Waals surface area contributed by atoms with E-state index < -0.39 is 90.1 Å². The molecule has 0 aromatic carbocycles. The first kappa shape index (κ1) is 44.2. The maximum Gasteiger partial charge on any atom is 0.327 e. The minimum atomic E-state index is -1.75. The lowest BCUT2D eigenvalue weighted by Gasteiger charge is -2.31. The van der Waals surface area contributed by atoms with Crippen LogP contribution in [-0.2, 0) is 33.6 Å². The van der Waals surface area contributed by atoms with E-state index >= 15 is 0 Å². The Balaban J connectivity index is 6.04. The van der Waals surface area contributed by atoms with Gasteiger partial charge < -0.3 is 59.3 Å². The van der Waals surface area contributed by atoms with Crippen molar-refractivity contribution in [1.82, 2.24) is 31.9 Å². The van der Waals surface area contributed by atoms with Crippen molar-refractivity contribution in [3.05, 3.63) is 0 Å². The number of nitrogens with two attached hydrogens (primary N) is 3. The lowest BCUT2D eigenvalue weighted by molar-refractivity contribution is -0.142. The number of carbonyl (C=O) groups excluding carboxylic acids is 5. The molecule has 0 bridgehead atoms. The normalized spacial score (nSPS) is 14.2. The van der Waals surface area contributed by atoms with Crippen molar-refractivity contribution in [3.8, 4) is 0 Å². The molecule has 0 aromatic heterocycles. The average molecular weight is 723 g/mol. The number of unbranched alkanes of at least 4 members (excludes halogenated alkanes) is 1. The van der Waals surface area contributed by atoms with Crippen molar-refractivity contribution in [3.63, 3.8) is 0 Å². The van der Waals surface area contributed by atoms with Gasteiger partial charge in [0.15, 0.2) is 5.96 Å². The van der Waals surface area contributed by atoms with Crippen LogP contribution in [0.4, 0.5) is 0 Å². The van der Waals surface area contributed by atoms with Gasteiger partial charge >= 0.3 is 11.9 Å². The zero-order valence-corrected chi connectivity index (χ0v) is 28.8. The Hall–Kier alpha value is -3.82. The maximum absolute atomic E-state index is 13.5. The van der Waals surface area contributed by atoms with Crippen LogP contribution >= 0.6 is 25.3 Å². The second-order valence-electron chi connectivity index (χ2n) is 11.3. The quantitative estimate of drug-likeness (QED) is 0.0198. The summed E-state index contributed by atoms with van der Waals surface area (Å²) in [5, 5.41) is 40.4. The van der Waals surface area contributed by atoms with Crippen LogP contribution < -0.4 is 49.1 Å². The molecule has 0 aromatic rings. The number of rotatable bonds is 24. The zero-order chi connectivity index (χ0) is 37.0. The molecule has 0 aliphatic carbocycles. The Labute approximate surface area is 289 Å². The average Bonchev–Trinajstić information content (AvgIpc) is 3.01. The largest absolute Gasteiger partial charge is 0.481 e. The van der Waals surface area contributed by atoms with E-state index in [9.17, 15) is 38.7 Å². The van der Waals surface area contributed by atoms with E-state index in [0.717, 1.165) is 0 Å². The molecule has 5 atom stereocenters. The first-order chi connectivity index (χ1) is 22.4. The van der Waals surface area contributed by atoms with Crippen molar-refractivity contribution in [2.24, 2.45) is 17.2 Å². The third kappa shape index (κ3) is 17.4. The van der Waals surface area contributed by atoms with Crippen LogP contribution in [0.1, 0.15) is 58.8 Å². The molecule has 21 heteroatoms. The second-order valence-corrected chi connectivity index (χ2v) is 12.1. The molecule has 0 rings (SSSR count). The van der Waals surface area contributed by atoms with Gasteiger partial charge in [0.1, 0.15) is 29.7 Å². The number of thiol groups is 2. The van der Waals surface area contributed by atoms with Gasteiger partial charge in [-0.05, 0) is 58.9 Å². The molecule has 5 amide bonds. The first-order valence-electron chi connectivity index (χ1n) is 15.1. The van der Waals surface area contributed by atoms with Gasteiger partial charge in [-0.15, -0.1) is 0 Å². The molecule has 0 heterocycles. The molecule has 15 N–H and O–H groups in total. The number of guanidine groups is 1. The Kier molecular flexibility index (Phi) is 20.9. The summed E-state index contributed by atoms with van der Waals surface area (Å²) in [6.45, 7) is 3.10. The summed E-state index contributed by atoms with van der Waals surface area (Å²) in [5.74, 6) is -7.31. The number of hydrogen-bond donors (Lipinski definition) is 14. The smallest absolute Gasteiger partial charge is 0.327 e. The molecule has 19 nitrogen and oxygen atoms in total. The number of hydrogen-bond acceptors (Lipinski definition) is 12. The minimum Gasteiger partial charge on any atom is -0.481 e. The van der Waals surface area contributed by atoms with Gasteiger partial charge in [-0.1, -0.05) is 0 Å². The Morgan fingerprint density at radius 1 is 0.750 bits per heavy atom. The predicted molar refractivity (Wildman–Crippen MR) is 182 cm³/mol. The molecule has 0 unspecified atom stereocenters. The topological polar surface area (TPSA) is 334 Å². The standard InChI is InChI=1S/C27H50N10O9S2/c1-27(2,25(46)36-17(8-9-19(38)39)22(42)35-18(13-48)24(44)45)37-23(43)16(7-5-11-32-26(30)31)34-21(41)15(6-3-4-10-28)33-20(40)14(29)12-47/h14-18,47-48H,3-13,28-29H2,1-2H3,(H,33,40)(H,34,41)(H,35,42)(H,36,46)(H,37,43)(H,38,39)(H,44,45)(H4,30,31,32)/t14-,15-,16-,17-,18-/m0/s1. The van der Waals surface area contributed by atoms with Crippen LogP contribution in [0.5, 0.6) is 0 Å². The molecular formula is C27H50N10O9S2. The highest BCUT2D eigenvalue weighted by molar-refractivity contribution is 7.80. The maximum atomic E-state index is 13.5. The summed E-state index contributed by atoms with van der Waals surface area (Å²) < 4.78 is 0. The first-order valence-corrected chi connectivity index (χ1v) is 16.4. The number of aliphatic carboxylic acids is 2. The Morgan fingerprint density at radius 2 is 1.27 bits per heavy atom. The monoisotopic (exact) mass is 722 g/mol. The highest BCUT2D eigenvalue weighted by Crippen LogP contribution is 2.10. The second kappa shape index (κ2) is 22.7. The lowest BCUT2D eigenvalue weighted by Crippen LogP contribution is -2.63. The SMILES string of the molecule is CC(C)(NC(=O)[C@H](CCCNC(=N)N)NC(=O)[C@H](CCCCN)NC(=O)[C@@H](N)CS)C(=O)N[C@@H](CCC(=O)O)C(=O)N[C@@H](CS)C(=O)O. The van der Waals surface area contributed by atoms with E-state index in [1.165, 1.54) is 13.8 Å². The number of carboxylic acids is 2. The summed E-state index contributed by atoms with van der Waals surface area (Å²) in [7, 11) is 0. The third-order valence-corrected chi connectivity index (χ3v) is 7.56. The third-order valence-electron chi connectivity index (χ3n) is 6.80. The molecule has 0 aliphatic rings. The number of carboxylic acid groups (broad SMARTS) is 2. The van der Waals surface area contributed by atoms with Gasteiger partial charge in [0.25, 0.3) is 0 Å². The molecule has 0 radical (unpaired) electrons.